The zero-order valence-electron chi connectivity index (χ0n) is 11.3. The van der Waals surface area contributed by atoms with Crippen LogP contribution in [-0.2, 0) is 4.74 Å². The molecule has 19 heavy (non-hydrogen) atoms. The number of methoxy groups -OCH3 is 1. The van der Waals surface area contributed by atoms with Crippen molar-refractivity contribution >= 4 is 23.0 Å². The van der Waals surface area contributed by atoms with E-state index in [0.717, 1.165) is 23.0 Å². The highest BCUT2D eigenvalue weighted by Gasteiger charge is 2.28. The fraction of sp³-hybridized carbons (Fsp3) is 0.286. The zero-order chi connectivity index (χ0) is 13.4. The summed E-state index contributed by atoms with van der Waals surface area (Å²) in [4.78, 5) is 13.0. The van der Waals surface area contributed by atoms with Gasteiger partial charge < -0.3 is 9.64 Å². The maximum atomic E-state index is 5.30. The molecule has 3 rings (SSSR count). The van der Waals surface area contributed by atoms with Gasteiger partial charge in [-0.25, -0.2) is 9.97 Å². The molecule has 0 saturated carbocycles. The number of anilines is 4. The number of aromatic nitrogens is 2. The lowest BCUT2D eigenvalue weighted by Gasteiger charge is -2.36. The van der Waals surface area contributed by atoms with Gasteiger partial charge in [-0.15, -0.1) is 0 Å². The molecule has 5 heteroatoms. The molecular formula is C14H16N4O. The fourth-order valence-corrected chi connectivity index (χ4v) is 2.37. The van der Waals surface area contributed by atoms with Crippen molar-refractivity contribution in [3.05, 3.63) is 36.2 Å². The molecule has 0 unspecified atom stereocenters. The Labute approximate surface area is 112 Å². The Hall–Kier alpha value is -2.14. The van der Waals surface area contributed by atoms with Crippen LogP contribution in [-0.4, -0.2) is 30.9 Å². The molecule has 1 aromatic carbocycles. The van der Waals surface area contributed by atoms with Gasteiger partial charge in [0.1, 0.15) is 6.73 Å². The number of aryl methyl sites for hydroxylation is 1. The van der Waals surface area contributed by atoms with E-state index in [0.29, 0.717) is 6.73 Å². The molecule has 1 aliphatic rings. The number of nitrogens with zero attached hydrogens (tertiary/aromatic N) is 4. The van der Waals surface area contributed by atoms with Crippen molar-refractivity contribution in [2.75, 3.05) is 30.7 Å². The Morgan fingerprint density at radius 1 is 1.11 bits per heavy atom. The minimum Gasteiger partial charge on any atom is -0.364 e. The monoisotopic (exact) mass is 256 g/mol. The first-order valence-corrected chi connectivity index (χ1v) is 6.14. The van der Waals surface area contributed by atoms with Crippen molar-refractivity contribution in [1.29, 1.82) is 0 Å². The summed E-state index contributed by atoms with van der Waals surface area (Å²) < 4.78 is 5.30. The fourth-order valence-electron chi connectivity index (χ4n) is 2.37. The summed E-state index contributed by atoms with van der Waals surface area (Å²) in [5.74, 6) is 1.67. The molecule has 0 spiro atoms. The normalized spacial score (nSPS) is 13.2. The minimum absolute atomic E-state index is 0.454. The molecule has 98 valence electrons. The van der Waals surface area contributed by atoms with E-state index in [9.17, 15) is 0 Å². The minimum atomic E-state index is 0.454. The highest BCUT2D eigenvalue weighted by Crippen LogP contribution is 2.44. The van der Waals surface area contributed by atoms with Crippen molar-refractivity contribution in [2.24, 2.45) is 0 Å². The van der Waals surface area contributed by atoms with Gasteiger partial charge in [-0.3, -0.25) is 4.90 Å². The summed E-state index contributed by atoms with van der Waals surface area (Å²) in [6.07, 6.45) is 3.41. The first-order valence-electron chi connectivity index (χ1n) is 6.14. The average molecular weight is 256 g/mol. The highest BCUT2D eigenvalue weighted by molar-refractivity contribution is 5.89. The third-order valence-electron chi connectivity index (χ3n) is 3.27. The van der Waals surface area contributed by atoms with Crippen LogP contribution >= 0.6 is 0 Å². The van der Waals surface area contributed by atoms with Crippen molar-refractivity contribution < 1.29 is 4.74 Å². The van der Waals surface area contributed by atoms with E-state index in [1.54, 1.807) is 19.5 Å². The Morgan fingerprint density at radius 2 is 1.84 bits per heavy atom. The molecule has 0 aliphatic carbocycles. The van der Waals surface area contributed by atoms with Gasteiger partial charge in [-0.05, 0) is 24.6 Å². The molecule has 0 fully saturated rings. The predicted octanol–water partition coefficient (Wildman–Crippen LogP) is 2.61. The standard InChI is InChI=1S/C14H16N4O/c1-10-4-5-11-12(8-10)17(2)13-14(16-7-6-15-13)18(11)9-19-3/h4-8H,9H2,1-3H3. The van der Waals surface area contributed by atoms with Gasteiger partial charge in [0.2, 0.25) is 0 Å². The van der Waals surface area contributed by atoms with Crippen LogP contribution in [0.3, 0.4) is 0 Å². The SMILES string of the molecule is COCN1c2ccc(C)cc2N(C)c2nccnc21. The molecule has 0 amide bonds. The Balaban J connectivity index is 2.21. The predicted molar refractivity (Wildman–Crippen MR) is 75.3 cm³/mol. The smallest absolute Gasteiger partial charge is 0.178 e. The van der Waals surface area contributed by atoms with Crippen LogP contribution in [0.15, 0.2) is 30.6 Å². The second-order valence-corrected chi connectivity index (χ2v) is 4.60. The van der Waals surface area contributed by atoms with Crippen molar-refractivity contribution in [1.82, 2.24) is 9.97 Å². The quantitative estimate of drug-likeness (QED) is 0.826. The van der Waals surface area contributed by atoms with E-state index in [1.807, 2.05) is 11.9 Å². The van der Waals surface area contributed by atoms with Gasteiger partial charge in [-0.1, -0.05) is 6.07 Å². The number of fused-ring (bicyclic) bond motifs is 2. The molecule has 0 bridgehead atoms. The maximum absolute atomic E-state index is 5.30. The molecule has 0 radical (unpaired) electrons. The zero-order valence-corrected chi connectivity index (χ0v) is 11.3. The molecule has 0 saturated heterocycles. The summed E-state index contributed by atoms with van der Waals surface area (Å²) in [6, 6.07) is 6.34. The van der Waals surface area contributed by atoms with Crippen molar-refractivity contribution in [3.8, 4) is 0 Å². The topological polar surface area (TPSA) is 41.5 Å². The first kappa shape index (κ1) is 11.9. The lowest BCUT2D eigenvalue weighted by Crippen LogP contribution is -2.30. The van der Waals surface area contributed by atoms with Crippen LogP contribution in [0.1, 0.15) is 5.56 Å². The van der Waals surface area contributed by atoms with Crippen LogP contribution in [0.4, 0.5) is 23.0 Å². The summed E-state index contributed by atoms with van der Waals surface area (Å²) >= 11 is 0. The summed E-state index contributed by atoms with van der Waals surface area (Å²) in [5.41, 5.74) is 3.42. The second-order valence-electron chi connectivity index (χ2n) is 4.60. The molecule has 0 N–H and O–H groups in total. The summed E-state index contributed by atoms with van der Waals surface area (Å²) in [5, 5.41) is 0. The Morgan fingerprint density at radius 3 is 2.58 bits per heavy atom. The molecule has 1 aromatic heterocycles. The van der Waals surface area contributed by atoms with Crippen LogP contribution in [0.25, 0.3) is 0 Å². The van der Waals surface area contributed by atoms with E-state index in [1.165, 1.54) is 5.56 Å². The highest BCUT2D eigenvalue weighted by atomic mass is 16.5. The van der Waals surface area contributed by atoms with E-state index >= 15 is 0 Å². The lowest BCUT2D eigenvalue weighted by molar-refractivity contribution is 0.205. The number of hydrogen-bond donors (Lipinski definition) is 0. The molecule has 2 aromatic rings. The molecular weight excluding hydrogens is 240 g/mol. The van der Waals surface area contributed by atoms with Crippen LogP contribution in [0.5, 0.6) is 0 Å². The van der Waals surface area contributed by atoms with E-state index in [2.05, 4.69) is 40.0 Å². The van der Waals surface area contributed by atoms with E-state index in [-0.39, 0.29) is 0 Å². The van der Waals surface area contributed by atoms with Gasteiger partial charge in [0.15, 0.2) is 11.6 Å². The third kappa shape index (κ3) is 1.82. The Kier molecular flexibility index (Phi) is 2.83. The average Bonchev–Trinajstić information content (AvgIpc) is 2.44. The number of ether oxygens (including phenoxy) is 1. The number of benzene rings is 1. The molecule has 5 nitrogen and oxygen atoms in total. The second kappa shape index (κ2) is 4.51. The maximum Gasteiger partial charge on any atom is 0.178 e. The summed E-state index contributed by atoms with van der Waals surface area (Å²) in [7, 11) is 3.69. The Bertz CT molecular complexity index is 614. The van der Waals surface area contributed by atoms with Gasteiger partial charge >= 0.3 is 0 Å². The molecule has 2 heterocycles. The number of rotatable bonds is 2. The van der Waals surface area contributed by atoms with E-state index in [4.69, 9.17) is 4.74 Å². The van der Waals surface area contributed by atoms with Crippen LogP contribution in [0.2, 0.25) is 0 Å². The lowest BCUT2D eigenvalue weighted by atomic mass is 10.1. The van der Waals surface area contributed by atoms with Crippen LogP contribution < -0.4 is 9.80 Å². The first-order chi connectivity index (χ1) is 9.22. The van der Waals surface area contributed by atoms with Crippen molar-refractivity contribution in [2.45, 2.75) is 6.92 Å². The largest absolute Gasteiger partial charge is 0.364 e. The number of hydrogen-bond acceptors (Lipinski definition) is 5. The van der Waals surface area contributed by atoms with E-state index < -0.39 is 0 Å². The van der Waals surface area contributed by atoms with Gasteiger partial charge in [0.25, 0.3) is 0 Å². The summed E-state index contributed by atoms with van der Waals surface area (Å²) in [6.45, 7) is 2.54. The third-order valence-corrected chi connectivity index (χ3v) is 3.27. The van der Waals surface area contributed by atoms with Crippen molar-refractivity contribution in [3.63, 3.8) is 0 Å². The van der Waals surface area contributed by atoms with Gasteiger partial charge in [0, 0.05) is 26.6 Å². The molecule has 1 aliphatic heterocycles. The molecule has 0 atom stereocenters. The van der Waals surface area contributed by atoms with Crippen LogP contribution in [0, 0.1) is 6.92 Å². The van der Waals surface area contributed by atoms with Gasteiger partial charge in [0.05, 0.1) is 11.4 Å². The van der Waals surface area contributed by atoms with Gasteiger partial charge in [-0.2, -0.15) is 0 Å².